The van der Waals surface area contributed by atoms with Crippen molar-refractivity contribution >= 4 is 0 Å². The Morgan fingerprint density at radius 1 is 1.13 bits per heavy atom. The number of nitrogens with two attached hydrogens (primary N) is 1. The van der Waals surface area contributed by atoms with Gasteiger partial charge in [-0.3, -0.25) is 0 Å². The summed E-state index contributed by atoms with van der Waals surface area (Å²) >= 11 is 0. The van der Waals surface area contributed by atoms with Gasteiger partial charge in [0.25, 0.3) is 0 Å². The Bertz CT molecular complexity index is 377. The zero-order valence-corrected chi connectivity index (χ0v) is 8.39. The normalized spacial score (nSPS) is 9.53. The van der Waals surface area contributed by atoms with Gasteiger partial charge in [0.05, 0.1) is 0 Å². The molecule has 0 atom stereocenters. The molecular weight excluding hydrogens is 196 g/mol. The monoisotopic (exact) mass is 209 g/mol. The van der Waals surface area contributed by atoms with Gasteiger partial charge in [0.1, 0.15) is 0 Å². The zero-order chi connectivity index (χ0) is 11.1. The van der Waals surface area contributed by atoms with Gasteiger partial charge in [-0.2, -0.15) is 0 Å². The number of halogens is 2. The first-order chi connectivity index (χ1) is 7.24. The van der Waals surface area contributed by atoms with Crippen LogP contribution in [0.5, 0.6) is 0 Å². The van der Waals surface area contributed by atoms with E-state index in [1.807, 2.05) is 0 Å². The van der Waals surface area contributed by atoms with Gasteiger partial charge in [-0.15, -0.1) is 0 Å². The van der Waals surface area contributed by atoms with Gasteiger partial charge in [0.15, 0.2) is 11.6 Å². The molecule has 0 saturated carbocycles. The lowest BCUT2D eigenvalue weighted by Gasteiger charge is -1.93. The molecule has 0 heterocycles. The van der Waals surface area contributed by atoms with E-state index in [0.717, 1.165) is 31.4 Å². The van der Waals surface area contributed by atoms with Gasteiger partial charge in [-0.05, 0) is 37.6 Å². The van der Waals surface area contributed by atoms with Crippen LogP contribution in [-0.4, -0.2) is 6.54 Å². The molecule has 0 spiro atoms. The summed E-state index contributed by atoms with van der Waals surface area (Å²) in [5, 5.41) is 0. The summed E-state index contributed by atoms with van der Waals surface area (Å²) in [5.74, 6) is 3.96. The molecule has 2 N–H and O–H groups in total. The van der Waals surface area contributed by atoms with Crippen LogP contribution in [0.3, 0.4) is 0 Å². The lowest BCUT2D eigenvalue weighted by Crippen LogP contribution is -1.96. The van der Waals surface area contributed by atoms with Crippen molar-refractivity contribution in [2.24, 2.45) is 5.73 Å². The van der Waals surface area contributed by atoms with Crippen molar-refractivity contribution in [2.45, 2.75) is 19.3 Å². The lowest BCUT2D eigenvalue weighted by atomic mass is 10.2. The average molecular weight is 209 g/mol. The molecule has 0 aliphatic carbocycles. The molecule has 3 heteroatoms. The maximum Gasteiger partial charge on any atom is 0.160 e. The second kappa shape index (κ2) is 6.15. The van der Waals surface area contributed by atoms with Crippen molar-refractivity contribution in [2.75, 3.05) is 6.54 Å². The third kappa shape index (κ3) is 4.09. The van der Waals surface area contributed by atoms with Gasteiger partial charge in [0, 0.05) is 12.0 Å². The van der Waals surface area contributed by atoms with Crippen molar-refractivity contribution in [3.8, 4) is 11.8 Å². The highest BCUT2D eigenvalue weighted by atomic mass is 19.2. The fourth-order valence-corrected chi connectivity index (χ4v) is 1.10. The highest BCUT2D eigenvalue weighted by molar-refractivity contribution is 5.34. The van der Waals surface area contributed by atoms with Crippen LogP contribution < -0.4 is 5.73 Å². The minimum Gasteiger partial charge on any atom is -0.330 e. The molecule has 1 rings (SSSR count). The van der Waals surface area contributed by atoms with Crippen LogP contribution in [0, 0.1) is 23.5 Å². The van der Waals surface area contributed by atoms with Crippen LogP contribution >= 0.6 is 0 Å². The van der Waals surface area contributed by atoms with Gasteiger partial charge in [-0.25, -0.2) is 8.78 Å². The summed E-state index contributed by atoms with van der Waals surface area (Å²) in [6.07, 6.45) is 2.61. The number of unbranched alkanes of at least 4 members (excludes halogenated alkanes) is 2. The Morgan fingerprint density at radius 2 is 1.93 bits per heavy atom. The van der Waals surface area contributed by atoms with E-state index in [0.29, 0.717) is 12.1 Å². The van der Waals surface area contributed by atoms with E-state index in [1.54, 1.807) is 0 Å². The van der Waals surface area contributed by atoms with Crippen molar-refractivity contribution in [1.82, 2.24) is 0 Å². The minimum absolute atomic E-state index is 0.502. The van der Waals surface area contributed by atoms with E-state index in [9.17, 15) is 8.78 Å². The molecule has 0 amide bonds. The number of benzene rings is 1. The zero-order valence-electron chi connectivity index (χ0n) is 8.39. The van der Waals surface area contributed by atoms with Crippen molar-refractivity contribution in [3.05, 3.63) is 35.4 Å². The maximum absolute atomic E-state index is 12.7. The van der Waals surface area contributed by atoms with Crippen LogP contribution in [0.15, 0.2) is 18.2 Å². The van der Waals surface area contributed by atoms with E-state index in [4.69, 9.17) is 5.73 Å². The third-order valence-corrected chi connectivity index (χ3v) is 1.91. The summed E-state index contributed by atoms with van der Waals surface area (Å²) < 4.78 is 25.3. The van der Waals surface area contributed by atoms with Crippen molar-refractivity contribution < 1.29 is 8.78 Å². The molecular formula is C12H13F2N. The number of hydrogen-bond donors (Lipinski definition) is 1. The number of hydrogen-bond acceptors (Lipinski definition) is 1. The second-order valence-electron chi connectivity index (χ2n) is 3.18. The third-order valence-electron chi connectivity index (χ3n) is 1.91. The van der Waals surface area contributed by atoms with Crippen LogP contribution in [0.25, 0.3) is 0 Å². The van der Waals surface area contributed by atoms with Crippen LogP contribution in [0.1, 0.15) is 24.8 Å². The quantitative estimate of drug-likeness (QED) is 0.600. The summed E-state index contributed by atoms with van der Waals surface area (Å²) in [7, 11) is 0. The van der Waals surface area contributed by atoms with Crippen LogP contribution in [-0.2, 0) is 0 Å². The molecule has 0 aliphatic rings. The largest absolute Gasteiger partial charge is 0.330 e. The lowest BCUT2D eigenvalue weighted by molar-refractivity contribution is 0.508. The number of rotatable bonds is 3. The molecule has 0 unspecified atom stereocenters. The molecule has 0 aromatic heterocycles. The Labute approximate surface area is 88.3 Å². The molecule has 1 aromatic rings. The smallest absolute Gasteiger partial charge is 0.160 e. The first-order valence-corrected chi connectivity index (χ1v) is 4.88. The Hall–Kier alpha value is -1.40. The molecule has 0 bridgehead atoms. The summed E-state index contributed by atoms with van der Waals surface area (Å²) in [6.45, 7) is 0.660. The molecule has 80 valence electrons. The van der Waals surface area contributed by atoms with Crippen molar-refractivity contribution in [3.63, 3.8) is 0 Å². The van der Waals surface area contributed by atoms with E-state index >= 15 is 0 Å². The molecule has 0 radical (unpaired) electrons. The predicted octanol–water partition coefficient (Wildman–Crippen LogP) is 2.45. The van der Waals surface area contributed by atoms with Gasteiger partial charge in [-0.1, -0.05) is 11.8 Å². The van der Waals surface area contributed by atoms with E-state index < -0.39 is 11.6 Å². The van der Waals surface area contributed by atoms with Crippen LogP contribution in [0.2, 0.25) is 0 Å². The minimum atomic E-state index is -0.858. The fourth-order valence-electron chi connectivity index (χ4n) is 1.10. The Balaban J connectivity index is 2.53. The summed E-state index contributed by atoms with van der Waals surface area (Å²) in [4.78, 5) is 0. The first-order valence-electron chi connectivity index (χ1n) is 4.88. The highest BCUT2D eigenvalue weighted by Gasteiger charge is 1.99. The van der Waals surface area contributed by atoms with Gasteiger partial charge < -0.3 is 5.73 Å². The first kappa shape index (κ1) is 11.7. The van der Waals surface area contributed by atoms with Crippen LogP contribution in [0.4, 0.5) is 8.78 Å². The molecule has 1 nitrogen and oxygen atoms in total. The molecule has 1 aromatic carbocycles. The molecule has 0 fully saturated rings. The van der Waals surface area contributed by atoms with E-state index in [-0.39, 0.29) is 0 Å². The topological polar surface area (TPSA) is 26.0 Å². The molecule has 0 saturated heterocycles. The average Bonchev–Trinajstić information content (AvgIpc) is 2.23. The van der Waals surface area contributed by atoms with E-state index in [1.165, 1.54) is 6.07 Å². The fraction of sp³-hybridized carbons (Fsp3) is 0.333. The van der Waals surface area contributed by atoms with Gasteiger partial charge >= 0.3 is 0 Å². The van der Waals surface area contributed by atoms with Gasteiger partial charge in [0.2, 0.25) is 0 Å². The predicted molar refractivity (Wildman–Crippen MR) is 56.1 cm³/mol. The van der Waals surface area contributed by atoms with E-state index in [2.05, 4.69) is 11.8 Å². The molecule has 15 heavy (non-hydrogen) atoms. The standard InChI is InChI=1S/C12H13F2N/c13-11-7-6-10(9-12(11)14)5-3-1-2-4-8-15/h6-7,9H,1-2,4,8,15H2. The second-order valence-corrected chi connectivity index (χ2v) is 3.18. The molecule has 0 aliphatic heterocycles. The highest BCUT2D eigenvalue weighted by Crippen LogP contribution is 2.07. The Morgan fingerprint density at radius 3 is 2.60 bits per heavy atom. The van der Waals surface area contributed by atoms with Crippen molar-refractivity contribution in [1.29, 1.82) is 0 Å². The summed E-state index contributed by atoms with van der Waals surface area (Å²) in [6, 6.07) is 3.65. The summed E-state index contributed by atoms with van der Waals surface area (Å²) in [5.41, 5.74) is 5.82. The maximum atomic E-state index is 12.7. The Kier molecular flexibility index (Phi) is 4.79. The SMILES string of the molecule is NCCCCC#Cc1ccc(F)c(F)c1.